The summed E-state index contributed by atoms with van der Waals surface area (Å²) in [6.07, 6.45) is 1.97. The standard InChI is InChI=1S/C22H21N5O2S/c1-16-24-20(26-29-16)14-30-15-21(28)23-12-18-13-27(19-10-6-3-7-11-19)25-22(18)17-8-4-2-5-9-17/h2-11,13H,12,14-15H2,1H3,(H,23,28). The van der Waals surface area contributed by atoms with E-state index in [0.717, 1.165) is 22.5 Å². The molecule has 0 radical (unpaired) electrons. The van der Waals surface area contributed by atoms with Crippen LogP contribution in [0.2, 0.25) is 0 Å². The van der Waals surface area contributed by atoms with E-state index in [1.54, 1.807) is 6.92 Å². The van der Waals surface area contributed by atoms with Crippen LogP contribution >= 0.6 is 11.8 Å². The summed E-state index contributed by atoms with van der Waals surface area (Å²) in [4.78, 5) is 16.4. The summed E-state index contributed by atoms with van der Waals surface area (Å²) in [5, 5.41) is 11.6. The second-order valence-electron chi connectivity index (χ2n) is 6.65. The number of aromatic nitrogens is 4. The predicted molar refractivity (Wildman–Crippen MR) is 116 cm³/mol. The third kappa shape index (κ3) is 4.96. The third-order valence-electron chi connectivity index (χ3n) is 4.37. The maximum Gasteiger partial charge on any atom is 0.230 e. The molecule has 2 aromatic heterocycles. The molecule has 0 aliphatic heterocycles. The largest absolute Gasteiger partial charge is 0.351 e. The summed E-state index contributed by atoms with van der Waals surface area (Å²) in [6.45, 7) is 2.14. The first kappa shape index (κ1) is 19.9. The maximum atomic E-state index is 12.3. The van der Waals surface area contributed by atoms with Gasteiger partial charge in [0.05, 0.1) is 22.9 Å². The van der Waals surface area contributed by atoms with Crippen molar-refractivity contribution in [2.24, 2.45) is 0 Å². The molecule has 0 saturated carbocycles. The van der Waals surface area contributed by atoms with E-state index in [-0.39, 0.29) is 5.91 Å². The first-order valence-corrected chi connectivity index (χ1v) is 10.7. The number of hydrogen-bond acceptors (Lipinski definition) is 6. The second kappa shape index (κ2) is 9.41. The van der Waals surface area contributed by atoms with Crippen LogP contribution in [0.25, 0.3) is 16.9 Å². The van der Waals surface area contributed by atoms with Gasteiger partial charge in [0.15, 0.2) is 5.82 Å². The number of carbonyl (C=O) groups excluding carboxylic acids is 1. The smallest absolute Gasteiger partial charge is 0.230 e. The summed E-state index contributed by atoms with van der Waals surface area (Å²) >= 11 is 1.45. The van der Waals surface area contributed by atoms with Crippen molar-refractivity contribution in [3.05, 3.63) is 84.1 Å². The molecule has 0 bridgehead atoms. The number of carbonyl (C=O) groups is 1. The van der Waals surface area contributed by atoms with Gasteiger partial charge in [-0.05, 0) is 12.1 Å². The predicted octanol–water partition coefficient (Wildman–Crippen LogP) is 3.78. The monoisotopic (exact) mass is 419 g/mol. The van der Waals surface area contributed by atoms with Gasteiger partial charge in [-0.25, -0.2) is 4.68 Å². The summed E-state index contributed by atoms with van der Waals surface area (Å²) in [5.41, 5.74) is 3.79. The van der Waals surface area contributed by atoms with Gasteiger partial charge in [-0.2, -0.15) is 10.1 Å². The van der Waals surface area contributed by atoms with Crippen LogP contribution in [0.1, 0.15) is 17.3 Å². The van der Waals surface area contributed by atoms with Gasteiger partial charge < -0.3 is 9.84 Å². The quantitative estimate of drug-likeness (QED) is 0.468. The minimum Gasteiger partial charge on any atom is -0.351 e. The lowest BCUT2D eigenvalue weighted by Crippen LogP contribution is -2.24. The Bertz CT molecular complexity index is 1110. The summed E-state index contributed by atoms with van der Waals surface area (Å²) < 4.78 is 6.78. The molecule has 0 aliphatic rings. The SMILES string of the molecule is Cc1nc(CSCC(=O)NCc2cn(-c3ccccc3)nc2-c2ccccc2)no1. The molecule has 0 atom stereocenters. The zero-order chi connectivity index (χ0) is 20.8. The molecule has 0 saturated heterocycles. The number of rotatable bonds is 8. The molecule has 8 heteroatoms. The molecule has 0 spiro atoms. The minimum absolute atomic E-state index is 0.0494. The molecule has 2 heterocycles. The van der Waals surface area contributed by atoms with Gasteiger partial charge in [0.2, 0.25) is 11.8 Å². The maximum absolute atomic E-state index is 12.3. The Morgan fingerprint density at radius 2 is 1.83 bits per heavy atom. The van der Waals surface area contributed by atoms with Crippen LogP contribution in [-0.2, 0) is 17.1 Å². The van der Waals surface area contributed by atoms with Gasteiger partial charge >= 0.3 is 0 Å². The molecule has 1 N–H and O–H groups in total. The zero-order valence-corrected chi connectivity index (χ0v) is 17.3. The molecule has 1 amide bonds. The van der Waals surface area contributed by atoms with Crippen LogP contribution in [0.3, 0.4) is 0 Å². The first-order chi connectivity index (χ1) is 14.7. The number of benzene rings is 2. The highest BCUT2D eigenvalue weighted by atomic mass is 32.2. The van der Waals surface area contributed by atoms with Crippen LogP contribution in [0, 0.1) is 6.92 Å². The van der Waals surface area contributed by atoms with Gasteiger partial charge in [-0.3, -0.25) is 4.79 Å². The number of aryl methyl sites for hydroxylation is 1. The van der Waals surface area contributed by atoms with E-state index in [1.165, 1.54) is 11.8 Å². The number of nitrogens with one attached hydrogen (secondary N) is 1. The molecule has 0 fully saturated rings. The summed E-state index contributed by atoms with van der Waals surface area (Å²) in [7, 11) is 0. The lowest BCUT2D eigenvalue weighted by molar-refractivity contribution is -0.118. The lowest BCUT2D eigenvalue weighted by Gasteiger charge is -2.05. The van der Waals surface area contributed by atoms with E-state index in [9.17, 15) is 4.79 Å². The van der Waals surface area contributed by atoms with Crippen LogP contribution in [0.4, 0.5) is 0 Å². The Morgan fingerprint density at radius 1 is 1.10 bits per heavy atom. The zero-order valence-electron chi connectivity index (χ0n) is 16.5. The minimum atomic E-state index is -0.0494. The topological polar surface area (TPSA) is 85.8 Å². The molecular weight excluding hydrogens is 398 g/mol. The molecule has 4 rings (SSSR count). The van der Waals surface area contributed by atoms with Crippen molar-refractivity contribution in [2.45, 2.75) is 19.2 Å². The van der Waals surface area contributed by atoms with Crippen molar-refractivity contribution in [3.8, 4) is 16.9 Å². The van der Waals surface area contributed by atoms with Gasteiger partial charge in [0.1, 0.15) is 0 Å². The third-order valence-corrected chi connectivity index (χ3v) is 5.30. The average Bonchev–Trinajstić information content (AvgIpc) is 3.40. The highest BCUT2D eigenvalue weighted by Crippen LogP contribution is 2.23. The number of para-hydroxylation sites is 1. The molecule has 0 unspecified atom stereocenters. The van der Waals surface area contributed by atoms with Gasteiger partial charge in [0, 0.05) is 30.8 Å². The van der Waals surface area contributed by atoms with Crippen molar-refractivity contribution in [3.63, 3.8) is 0 Å². The number of nitrogens with zero attached hydrogens (tertiary/aromatic N) is 4. The number of hydrogen-bond donors (Lipinski definition) is 1. The molecule has 0 aliphatic carbocycles. The van der Waals surface area contributed by atoms with E-state index >= 15 is 0 Å². The Kier molecular flexibility index (Phi) is 6.24. The van der Waals surface area contributed by atoms with E-state index < -0.39 is 0 Å². The van der Waals surface area contributed by atoms with Gasteiger partial charge in [-0.1, -0.05) is 53.7 Å². The van der Waals surface area contributed by atoms with Crippen molar-refractivity contribution in [2.75, 3.05) is 5.75 Å². The molecule has 2 aromatic carbocycles. The average molecular weight is 420 g/mol. The summed E-state index contributed by atoms with van der Waals surface area (Å²) in [5.74, 6) is 1.93. The van der Waals surface area contributed by atoms with E-state index in [2.05, 4.69) is 15.5 Å². The fourth-order valence-electron chi connectivity index (χ4n) is 2.97. The number of thioether (sulfide) groups is 1. The highest BCUT2D eigenvalue weighted by Gasteiger charge is 2.13. The van der Waals surface area contributed by atoms with E-state index in [1.807, 2.05) is 71.5 Å². The van der Waals surface area contributed by atoms with Crippen LogP contribution in [0.15, 0.2) is 71.4 Å². The Balaban J connectivity index is 1.43. The second-order valence-corrected chi connectivity index (χ2v) is 7.63. The van der Waals surface area contributed by atoms with Crippen molar-refractivity contribution in [1.29, 1.82) is 0 Å². The molecule has 30 heavy (non-hydrogen) atoms. The Morgan fingerprint density at radius 3 is 2.53 bits per heavy atom. The highest BCUT2D eigenvalue weighted by molar-refractivity contribution is 7.99. The first-order valence-electron chi connectivity index (χ1n) is 9.52. The Hall–Kier alpha value is -3.39. The fourth-order valence-corrected chi connectivity index (χ4v) is 3.66. The molecule has 152 valence electrons. The van der Waals surface area contributed by atoms with Crippen molar-refractivity contribution >= 4 is 17.7 Å². The van der Waals surface area contributed by atoms with E-state index in [4.69, 9.17) is 9.62 Å². The van der Waals surface area contributed by atoms with Crippen molar-refractivity contribution < 1.29 is 9.32 Å². The van der Waals surface area contributed by atoms with E-state index in [0.29, 0.717) is 29.8 Å². The molecular formula is C22H21N5O2S. The van der Waals surface area contributed by atoms with Crippen LogP contribution in [-0.4, -0.2) is 31.6 Å². The van der Waals surface area contributed by atoms with Crippen LogP contribution in [0.5, 0.6) is 0 Å². The van der Waals surface area contributed by atoms with Gasteiger partial charge in [-0.15, -0.1) is 11.8 Å². The Labute approximate surface area is 178 Å². The summed E-state index contributed by atoms with van der Waals surface area (Å²) in [6, 6.07) is 19.9. The normalized spacial score (nSPS) is 10.8. The lowest BCUT2D eigenvalue weighted by atomic mass is 10.1. The van der Waals surface area contributed by atoms with Gasteiger partial charge in [0.25, 0.3) is 0 Å². The number of amides is 1. The molecule has 4 aromatic rings. The van der Waals surface area contributed by atoms with Crippen molar-refractivity contribution in [1.82, 2.24) is 25.2 Å². The fraction of sp³-hybridized carbons (Fsp3) is 0.182. The van der Waals surface area contributed by atoms with Crippen LogP contribution < -0.4 is 5.32 Å². The molecule has 7 nitrogen and oxygen atoms in total.